The van der Waals surface area contributed by atoms with Crippen LogP contribution in [-0.4, -0.2) is 152 Å². The number of H-pyrrole nitrogens is 1. The molecule has 2 heterocycles. The number of aromatic hydroxyl groups is 1. The maximum absolute atomic E-state index is 14.7. The quantitative estimate of drug-likeness (QED) is 0.0441. The molecular weight excluding hydrogens is 969 g/mol. The molecule has 0 radical (unpaired) electrons. The fourth-order valence-corrected chi connectivity index (χ4v) is 10.1. The lowest BCUT2D eigenvalue weighted by Gasteiger charge is -2.29. The number of nitrogens with one attached hydrogen (secondary N) is 8. The van der Waals surface area contributed by atoms with Gasteiger partial charge in [-0.1, -0.05) is 82.3 Å². The molecule has 0 unspecified atom stereocenters. The third kappa shape index (κ3) is 17.0. The summed E-state index contributed by atoms with van der Waals surface area (Å²) in [6, 6.07) is 11.3. The number of unbranched alkanes of at least 4 members (excludes halogenated alkanes) is 1. The molecule has 16 N–H and O–H groups in total. The predicted octanol–water partition coefficient (Wildman–Crippen LogP) is -1.10. The second-order valence-electron chi connectivity index (χ2n) is 17.7. The van der Waals surface area contributed by atoms with Gasteiger partial charge in [-0.15, -0.1) is 0 Å². The number of carbonyl (C=O) groups is 7. The normalized spacial score (nSPS) is 22.7. The molecule has 0 saturated carbocycles. The molecule has 7 amide bonds. The van der Waals surface area contributed by atoms with E-state index in [0.717, 1.165) is 38.1 Å². The van der Waals surface area contributed by atoms with Crippen LogP contribution in [0.1, 0.15) is 49.8 Å². The Morgan fingerprint density at radius 1 is 0.736 bits per heavy atom. The highest BCUT2D eigenvalue weighted by molar-refractivity contribution is 8.76. The predicted molar refractivity (Wildman–Crippen MR) is 274 cm³/mol. The molecule has 10 atom stereocenters. The molecule has 4 aromatic rings. The van der Waals surface area contributed by atoms with Crippen molar-refractivity contribution in [3.05, 3.63) is 102 Å². The Balaban J connectivity index is 1.57. The molecule has 72 heavy (non-hydrogen) atoms. The van der Waals surface area contributed by atoms with Gasteiger partial charge in [-0.3, -0.25) is 33.6 Å². The Kier molecular flexibility index (Phi) is 22.2. The topological polar surface area (TPSA) is 352 Å². The molecule has 0 spiro atoms. The zero-order chi connectivity index (χ0) is 52.3. The minimum Gasteiger partial charge on any atom is -0.508 e. The van der Waals surface area contributed by atoms with Crippen molar-refractivity contribution in [3.63, 3.8) is 0 Å². The number of hydrogen-bond donors (Lipinski definition) is 14. The molecule has 23 heteroatoms. The second kappa shape index (κ2) is 28.1. The van der Waals surface area contributed by atoms with Crippen LogP contribution >= 0.6 is 21.6 Å². The van der Waals surface area contributed by atoms with Crippen LogP contribution in [0.25, 0.3) is 10.9 Å². The lowest BCUT2D eigenvalue weighted by atomic mass is 10.0. The summed E-state index contributed by atoms with van der Waals surface area (Å²) >= 11 is 0. The summed E-state index contributed by atoms with van der Waals surface area (Å²) in [6.45, 7) is 2.18. The zero-order valence-corrected chi connectivity index (χ0v) is 41.7. The Morgan fingerprint density at radius 2 is 1.36 bits per heavy atom. The Morgan fingerprint density at radius 3 is 2.03 bits per heavy atom. The highest BCUT2D eigenvalue weighted by atomic mass is 33.1. The van der Waals surface area contributed by atoms with E-state index in [9.17, 15) is 54.0 Å². The van der Waals surface area contributed by atoms with Gasteiger partial charge >= 0.3 is 0 Å². The monoisotopic (exact) mass is 1030 g/mol. The standard InChI is InChI=1S/C49H66N10O11S2/c1-27(61)39(24-60)56-48(69)41-26-72-71-25-40(57-43(64)34(51)20-29-10-4-3-5-11-29)47(68)54-37(21-30-15-17-32(63)18-16-30)45(66)55-38(22-31-23-52-35-13-7-6-12-33(31)35)46(67)53-36(14-8-9-19-50)44(65)59-42(28(2)62)49(70)58-41/h3-7,10-13,15-18,23,27-28,34,36-42,52,60-63H,8-9,14,19-22,24-26,50-51H2,1-2H3,(H,53,67)(H,54,68)(H,55,66)(H,56,69)(H,57,64)(H,58,70)(H,59,65)/t27-,28-,34-,36+,37+,38-,39-,40+,41+,42+/m1/s1. The van der Waals surface area contributed by atoms with Gasteiger partial charge < -0.3 is 74.1 Å². The molecule has 0 aliphatic carbocycles. The van der Waals surface area contributed by atoms with E-state index in [1.54, 1.807) is 48.7 Å². The number of aromatic nitrogens is 1. The molecule has 5 rings (SSSR count). The largest absolute Gasteiger partial charge is 0.508 e. The maximum atomic E-state index is 14.7. The lowest BCUT2D eigenvalue weighted by molar-refractivity contribution is -0.136. The van der Waals surface area contributed by atoms with Gasteiger partial charge in [-0.2, -0.15) is 0 Å². The molecule has 1 aliphatic heterocycles. The Bertz CT molecular complexity index is 2450. The number of aliphatic hydroxyl groups excluding tert-OH is 3. The fraction of sp³-hybridized carbons (Fsp3) is 0.449. The van der Waals surface area contributed by atoms with Crippen molar-refractivity contribution in [2.45, 2.75) is 113 Å². The van der Waals surface area contributed by atoms with Gasteiger partial charge in [0.25, 0.3) is 0 Å². The van der Waals surface area contributed by atoms with Crippen LogP contribution in [0.2, 0.25) is 0 Å². The number of benzene rings is 3. The number of fused-ring (bicyclic) bond motifs is 1. The van der Waals surface area contributed by atoms with E-state index in [0.29, 0.717) is 24.0 Å². The number of carbonyl (C=O) groups excluding carboxylic acids is 7. The summed E-state index contributed by atoms with van der Waals surface area (Å²) in [6.07, 6.45) is -0.426. The number of rotatable bonds is 17. The average Bonchev–Trinajstić information content (AvgIpc) is 3.77. The van der Waals surface area contributed by atoms with Crippen molar-refractivity contribution >= 4 is 73.8 Å². The highest BCUT2D eigenvalue weighted by Crippen LogP contribution is 2.24. The van der Waals surface area contributed by atoms with Crippen LogP contribution in [0.15, 0.2) is 85.1 Å². The second-order valence-corrected chi connectivity index (χ2v) is 20.2. The van der Waals surface area contributed by atoms with Crippen LogP contribution in [0, 0.1) is 0 Å². The van der Waals surface area contributed by atoms with Crippen LogP contribution in [0.5, 0.6) is 5.75 Å². The van der Waals surface area contributed by atoms with Crippen LogP contribution in [0.3, 0.4) is 0 Å². The summed E-state index contributed by atoms with van der Waals surface area (Å²) in [5.74, 6) is -6.33. The number of hydrogen-bond acceptors (Lipinski definition) is 15. The summed E-state index contributed by atoms with van der Waals surface area (Å²) in [5, 5.41) is 60.4. The summed E-state index contributed by atoms with van der Waals surface area (Å²) in [5.41, 5.74) is 14.8. The van der Waals surface area contributed by atoms with Crippen molar-refractivity contribution in [1.82, 2.24) is 42.2 Å². The Labute approximate surface area is 424 Å². The van der Waals surface area contributed by atoms with Crippen LogP contribution in [0.4, 0.5) is 0 Å². The molecular formula is C49H66N10O11S2. The summed E-state index contributed by atoms with van der Waals surface area (Å²) in [7, 11) is 2.01. The van der Waals surface area contributed by atoms with Gasteiger partial charge in [0, 0.05) is 41.4 Å². The van der Waals surface area contributed by atoms with Gasteiger partial charge in [0.2, 0.25) is 41.4 Å². The summed E-state index contributed by atoms with van der Waals surface area (Å²) < 4.78 is 0. The number of para-hydroxylation sites is 1. The van der Waals surface area contributed by atoms with E-state index in [-0.39, 0.29) is 49.5 Å². The molecule has 390 valence electrons. The van der Waals surface area contributed by atoms with Crippen molar-refractivity contribution in [2.24, 2.45) is 11.5 Å². The third-order valence-corrected chi connectivity index (χ3v) is 14.4. The molecule has 1 saturated heterocycles. The zero-order valence-electron chi connectivity index (χ0n) is 40.0. The number of amides is 7. The first kappa shape index (κ1) is 56.7. The van der Waals surface area contributed by atoms with E-state index in [4.69, 9.17) is 11.5 Å². The third-order valence-electron chi connectivity index (χ3n) is 11.9. The minimum atomic E-state index is -1.68. The molecule has 1 aliphatic rings. The number of phenols is 1. The maximum Gasteiger partial charge on any atom is 0.245 e. The van der Waals surface area contributed by atoms with Gasteiger partial charge in [-0.25, -0.2) is 0 Å². The Hall–Kier alpha value is -6.21. The molecule has 3 aromatic carbocycles. The first-order valence-electron chi connectivity index (χ1n) is 23.6. The first-order valence-corrected chi connectivity index (χ1v) is 26.1. The van der Waals surface area contributed by atoms with E-state index >= 15 is 0 Å². The van der Waals surface area contributed by atoms with Crippen molar-refractivity contribution < 1.29 is 54.0 Å². The number of aromatic amines is 1. The van der Waals surface area contributed by atoms with Crippen LogP contribution < -0.4 is 48.7 Å². The molecule has 0 bridgehead atoms. The van der Waals surface area contributed by atoms with Gasteiger partial charge in [0.1, 0.15) is 42.0 Å². The van der Waals surface area contributed by atoms with E-state index in [1.807, 2.05) is 24.3 Å². The van der Waals surface area contributed by atoms with E-state index < -0.39 is 108 Å². The van der Waals surface area contributed by atoms with Gasteiger partial charge in [0.05, 0.1) is 30.9 Å². The van der Waals surface area contributed by atoms with Gasteiger partial charge in [0.15, 0.2) is 0 Å². The number of nitrogens with two attached hydrogens (primary N) is 2. The van der Waals surface area contributed by atoms with Gasteiger partial charge in [-0.05, 0) is 81.0 Å². The van der Waals surface area contributed by atoms with E-state index in [2.05, 4.69) is 42.2 Å². The smallest absolute Gasteiger partial charge is 0.245 e. The highest BCUT2D eigenvalue weighted by Gasteiger charge is 2.36. The molecule has 1 aromatic heterocycles. The van der Waals surface area contributed by atoms with Crippen molar-refractivity contribution in [2.75, 3.05) is 24.7 Å². The number of aliphatic hydroxyl groups is 3. The SMILES string of the molecule is C[C@@H](O)[C@@H]1NC(=O)[C@H](CCCCN)NC(=O)[C@@H](Cc2c[nH]c3ccccc23)NC(=O)[C@H](Cc2ccc(O)cc2)NC(=O)[C@@H](NC(=O)[C@H](N)Cc2ccccc2)CSSC[C@@H](C(=O)N[C@H](CO)[C@@H](C)O)NC1=O. The van der Waals surface area contributed by atoms with E-state index in [1.165, 1.54) is 26.0 Å². The minimum absolute atomic E-state index is 0.0130. The summed E-state index contributed by atoms with van der Waals surface area (Å²) in [4.78, 5) is 103. The first-order chi connectivity index (χ1) is 34.5. The molecule has 21 nitrogen and oxygen atoms in total. The van der Waals surface area contributed by atoms with Crippen molar-refractivity contribution in [3.8, 4) is 5.75 Å². The number of phenolic OH excluding ortho intramolecular Hbond substituents is 1. The average molecular weight is 1040 g/mol. The lowest BCUT2D eigenvalue weighted by Crippen LogP contribution is -2.62. The van der Waals surface area contributed by atoms with Crippen LogP contribution in [-0.2, 0) is 52.8 Å². The fourth-order valence-electron chi connectivity index (χ4n) is 7.75. The van der Waals surface area contributed by atoms with Crippen molar-refractivity contribution in [1.29, 1.82) is 0 Å². The molecule has 1 fully saturated rings.